The lowest BCUT2D eigenvalue weighted by Crippen LogP contribution is -2.31. The molecule has 3 atom stereocenters. The third kappa shape index (κ3) is 4.31. The number of nitro benzene ring substituents is 1. The molecule has 2 fully saturated rings. The van der Waals surface area contributed by atoms with Crippen molar-refractivity contribution in [3.8, 4) is 0 Å². The number of aryl methyl sites for hydroxylation is 1. The first-order valence-electron chi connectivity index (χ1n) is 10.9. The zero-order chi connectivity index (χ0) is 22.0. The number of nitro groups is 1. The first-order valence-corrected chi connectivity index (χ1v) is 10.9. The third-order valence-electron chi connectivity index (χ3n) is 6.42. The minimum absolute atomic E-state index is 0.124. The summed E-state index contributed by atoms with van der Waals surface area (Å²) in [5.41, 5.74) is 1.78. The average molecular weight is 421 g/mol. The number of imide groups is 1. The molecule has 1 saturated heterocycles. The molecule has 4 rings (SSSR count). The summed E-state index contributed by atoms with van der Waals surface area (Å²) < 4.78 is 0. The Morgan fingerprint density at radius 1 is 1.06 bits per heavy atom. The minimum Gasteiger partial charge on any atom is -0.379 e. The molecule has 7 heteroatoms. The van der Waals surface area contributed by atoms with E-state index < -0.39 is 4.92 Å². The molecule has 1 aliphatic carbocycles. The zero-order valence-corrected chi connectivity index (χ0v) is 17.6. The average Bonchev–Trinajstić information content (AvgIpc) is 3.01. The Morgan fingerprint density at radius 2 is 1.81 bits per heavy atom. The van der Waals surface area contributed by atoms with Crippen LogP contribution in [0.1, 0.15) is 38.2 Å². The first kappa shape index (κ1) is 21.0. The van der Waals surface area contributed by atoms with Crippen molar-refractivity contribution in [2.45, 2.75) is 39.0 Å². The lowest BCUT2D eigenvalue weighted by atomic mass is 9.76. The van der Waals surface area contributed by atoms with E-state index in [1.165, 1.54) is 16.5 Å². The number of carbonyl (C=O) groups is 2. The van der Waals surface area contributed by atoms with Crippen molar-refractivity contribution >= 4 is 28.9 Å². The standard InChI is InChI=1S/C24H27N3O4/c1-16-9-11-19-20(14-16)24(29)26(23(19)28)18-10-12-21(22(15-18)27(30)31)25-13-5-8-17-6-3-2-4-7-17/h2-4,6-7,10,12,15-16,19-20,25H,5,8-9,11,13-14H2,1H3/t16-,19+,20-/m1/s1. The fourth-order valence-electron chi connectivity index (χ4n) is 4.76. The van der Waals surface area contributed by atoms with E-state index in [-0.39, 0.29) is 29.3 Å². The van der Waals surface area contributed by atoms with Gasteiger partial charge in [0.05, 0.1) is 22.4 Å². The maximum absolute atomic E-state index is 12.9. The Labute approximate surface area is 181 Å². The highest BCUT2D eigenvalue weighted by Crippen LogP contribution is 2.43. The van der Waals surface area contributed by atoms with E-state index in [0.29, 0.717) is 36.7 Å². The van der Waals surface area contributed by atoms with E-state index in [4.69, 9.17) is 0 Å². The van der Waals surface area contributed by atoms with Crippen LogP contribution in [0, 0.1) is 27.9 Å². The predicted molar refractivity (Wildman–Crippen MR) is 119 cm³/mol. The number of fused-ring (bicyclic) bond motifs is 1. The molecule has 2 aromatic rings. The zero-order valence-electron chi connectivity index (χ0n) is 17.6. The molecule has 1 N–H and O–H groups in total. The van der Waals surface area contributed by atoms with Gasteiger partial charge in [0.25, 0.3) is 5.69 Å². The van der Waals surface area contributed by atoms with E-state index in [9.17, 15) is 19.7 Å². The molecule has 0 spiro atoms. The Balaban J connectivity index is 1.47. The fraction of sp³-hybridized carbons (Fsp3) is 0.417. The van der Waals surface area contributed by atoms with Gasteiger partial charge in [-0.15, -0.1) is 0 Å². The van der Waals surface area contributed by atoms with Crippen LogP contribution in [-0.4, -0.2) is 23.3 Å². The molecule has 1 heterocycles. The van der Waals surface area contributed by atoms with Crippen molar-refractivity contribution in [1.82, 2.24) is 0 Å². The highest BCUT2D eigenvalue weighted by atomic mass is 16.6. The molecular weight excluding hydrogens is 394 g/mol. The number of hydrogen-bond acceptors (Lipinski definition) is 5. The summed E-state index contributed by atoms with van der Waals surface area (Å²) in [6.07, 6.45) is 4.04. The maximum Gasteiger partial charge on any atom is 0.294 e. The second kappa shape index (κ2) is 8.88. The molecule has 0 radical (unpaired) electrons. The highest BCUT2D eigenvalue weighted by molar-refractivity contribution is 6.22. The molecule has 2 amide bonds. The van der Waals surface area contributed by atoms with Crippen LogP contribution in [-0.2, 0) is 16.0 Å². The van der Waals surface area contributed by atoms with E-state index in [1.807, 2.05) is 18.2 Å². The van der Waals surface area contributed by atoms with E-state index in [1.54, 1.807) is 12.1 Å². The van der Waals surface area contributed by atoms with Crippen molar-refractivity contribution in [2.24, 2.45) is 17.8 Å². The van der Waals surface area contributed by atoms with Gasteiger partial charge in [-0.25, -0.2) is 4.90 Å². The van der Waals surface area contributed by atoms with Crippen molar-refractivity contribution in [3.63, 3.8) is 0 Å². The van der Waals surface area contributed by atoms with Gasteiger partial charge in [0.15, 0.2) is 0 Å². The summed E-state index contributed by atoms with van der Waals surface area (Å²) in [5, 5.41) is 14.8. The quantitative estimate of drug-likeness (QED) is 0.306. The summed E-state index contributed by atoms with van der Waals surface area (Å²) in [7, 11) is 0. The Kier molecular flexibility index (Phi) is 6.02. The molecular formula is C24H27N3O4. The largest absolute Gasteiger partial charge is 0.379 e. The molecule has 0 bridgehead atoms. The van der Waals surface area contributed by atoms with Gasteiger partial charge >= 0.3 is 0 Å². The molecule has 31 heavy (non-hydrogen) atoms. The molecule has 7 nitrogen and oxygen atoms in total. The number of hydrogen-bond donors (Lipinski definition) is 1. The number of anilines is 2. The number of nitrogens with one attached hydrogen (secondary N) is 1. The van der Waals surface area contributed by atoms with Crippen LogP contribution in [0.2, 0.25) is 0 Å². The second-order valence-electron chi connectivity index (χ2n) is 8.62. The van der Waals surface area contributed by atoms with E-state index in [0.717, 1.165) is 19.3 Å². The molecule has 1 saturated carbocycles. The van der Waals surface area contributed by atoms with E-state index in [2.05, 4.69) is 24.4 Å². The summed E-state index contributed by atoms with van der Waals surface area (Å²) in [6.45, 7) is 2.68. The smallest absolute Gasteiger partial charge is 0.294 e. The van der Waals surface area contributed by atoms with Gasteiger partial charge in [0, 0.05) is 12.6 Å². The number of nitrogens with zero attached hydrogens (tertiary/aromatic N) is 2. The monoisotopic (exact) mass is 421 g/mol. The summed E-state index contributed by atoms with van der Waals surface area (Å²) in [4.78, 5) is 38.2. The lowest BCUT2D eigenvalue weighted by molar-refractivity contribution is -0.383. The van der Waals surface area contributed by atoms with Gasteiger partial charge < -0.3 is 5.32 Å². The summed E-state index contributed by atoms with van der Waals surface area (Å²) >= 11 is 0. The van der Waals surface area contributed by atoms with Crippen LogP contribution in [0.5, 0.6) is 0 Å². The molecule has 0 aromatic heterocycles. The van der Waals surface area contributed by atoms with Gasteiger partial charge in [-0.2, -0.15) is 0 Å². The van der Waals surface area contributed by atoms with Gasteiger partial charge in [-0.1, -0.05) is 37.3 Å². The highest BCUT2D eigenvalue weighted by Gasteiger charge is 2.50. The SMILES string of the molecule is C[C@@H]1CC[C@@H]2C(=O)N(c3ccc(NCCCc4ccccc4)c([N+](=O)[O-])c3)C(=O)[C@@H]2C1. The first-order chi connectivity index (χ1) is 15.0. The van der Waals surface area contributed by atoms with Gasteiger partial charge in [-0.05, 0) is 55.7 Å². The normalized spacial score (nSPS) is 23.0. The number of rotatable bonds is 7. The molecule has 162 valence electrons. The Hall–Kier alpha value is -3.22. The maximum atomic E-state index is 12.9. The molecule has 2 aromatic carbocycles. The van der Waals surface area contributed by atoms with Crippen LogP contribution in [0.15, 0.2) is 48.5 Å². The lowest BCUT2D eigenvalue weighted by Gasteiger charge is -2.25. The molecule has 0 unspecified atom stereocenters. The number of carbonyl (C=O) groups excluding carboxylic acids is 2. The van der Waals surface area contributed by atoms with Crippen LogP contribution < -0.4 is 10.2 Å². The number of amides is 2. The van der Waals surface area contributed by atoms with Crippen molar-refractivity contribution < 1.29 is 14.5 Å². The van der Waals surface area contributed by atoms with Crippen molar-refractivity contribution in [3.05, 3.63) is 64.2 Å². The Bertz CT molecular complexity index is 992. The fourth-order valence-corrected chi connectivity index (χ4v) is 4.76. The second-order valence-corrected chi connectivity index (χ2v) is 8.62. The van der Waals surface area contributed by atoms with E-state index >= 15 is 0 Å². The van der Waals surface area contributed by atoms with Crippen LogP contribution in [0.25, 0.3) is 0 Å². The summed E-state index contributed by atoms with van der Waals surface area (Å²) in [5.74, 6) is -0.626. The van der Waals surface area contributed by atoms with Crippen LogP contribution in [0.3, 0.4) is 0 Å². The third-order valence-corrected chi connectivity index (χ3v) is 6.42. The van der Waals surface area contributed by atoms with Gasteiger partial charge in [0.1, 0.15) is 5.69 Å². The molecule has 1 aliphatic heterocycles. The van der Waals surface area contributed by atoms with Gasteiger partial charge in [-0.3, -0.25) is 19.7 Å². The van der Waals surface area contributed by atoms with Crippen molar-refractivity contribution in [1.29, 1.82) is 0 Å². The topological polar surface area (TPSA) is 92.6 Å². The van der Waals surface area contributed by atoms with Crippen molar-refractivity contribution in [2.75, 3.05) is 16.8 Å². The Morgan fingerprint density at radius 3 is 2.55 bits per heavy atom. The minimum atomic E-state index is -0.469. The van der Waals surface area contributed by atoms with Gasteiger partial charge in [0.2, 0.25) is 11.8 Å². The molecule has 2 aliphatic rings. The van der Waals surface area contributed by atoms with Crippen LogP contribution in [0.4, 0.5) is 17.1 Å². The summed E-state index contributed by atoms with van der Waals surface area (Å²) in [6, 6.07) is 14.6. The van der Waals surface area contributed by atoms with Crippen LogP contribution >= 0.6 is 0 Å². The predicted octanol–water partition coefficient (Wildman–Crippen LogP) is 4.57. The number of benzene rings is 2.